The van der Waals surface area contributed by atoms with E-state index in [2.05, 4.69) is 18.7 Å². The number of hydrogen-bond donors (Lipinski definition) is 1. The lowest BCUT2D eigenvalue weighted by Gasteiger charge is -2.39. The Labute approximate surface area is 101 Å². The first-order valence-electron chi connectivity index (χ1n) is 7.09. The zero-order chi connectivity index (χ0) is 11.9. The molecule has 0 bridgehead atoms. The third-order valence-corrected chi connectivity index (χ3v) is 4.08. The molecule has 0 amide bonds. The average Bonchev–Trinajstić information content (AvgIpc) is 2.35. The third kappa shape index (κ3) is 4.06. The molecular formula is C14H29NO. The fourth-order valence-electron chi connectivity index (χ4n) is 2.87. The second-order valence-corrected chi connectivity index (χ2v) is 5.44. The minimum atomic E-state index is 0.224. The van der Waals surface area contributed by atoms with Gasteiger partial charge in [-0.1, -0.05) is 39.5 Å². The van der Waals surface area contributed by atoms with Gasteiger partial charge < -0.3 is 10.0 Å². The second kappa shape index (κ2) is 7.29. The molecule has 2 nitrogen and oxygen atoms in total. The van der Waals surface area contributed by atoms with Crippen LogP contribution in [0.2, 0.25) is 0 Å². The minimum absolute atomic E-state index is 0.224. The molecule has 0 aromatic heterocycles. The van der Waals surface area contributed by atoms with Gasteiger partial charge in [0.25, 0.3) is 0 Å². The fourth-order valence-corrected chi connectivity index (χ4v) is 2.87. The van der Waals surface area contributed by atoms with Gasteiger partial charge >= 0.3 is 0 Å². The number of unbranched alkanes of at least 4 members (excludes halogenated alkanes) is 1. The highest BCUT2D eigenvalue weighted by Gasteiger charge is 2.32. The second-order valence-electron chi connectivity index (χ2n) is 5.44. The summed E-state index contributed by atoms with van der Waals surface area (Å²) in [5, 5.41) is 9.68. The van der Waals surface area contributed by atoms with Crippen LogP contribution in [0.3, 0.4) is 0 Å². The van der Waals surface area contributed by atoms with Crippen LogP contribution in [0.1, 0.15) is 58.8 Å². The highest BCUT2D eigenvalue weighted by Crippen LogP contribution is 2.36. The van der Waals surface area contributed by atoms with Crippen LogP contribution < -0.4 is 0 Å². The van der Waals surface area contributed by atoms with Gasteiger partial charge in [-0.25, -0.2) is 0 Å². The van der Waals surface area contributed by atoms with Crippen molar-refractivity contribution in [2.24, 2.45) is 5.41 Å². The summed E-state index contributed by atoms with van der Waals surface area (Å²) in [7, 11) is 0. The average molecular weight is 227 g/mol. The summed E-state index contributed by atoms with van der Waals surface area (Å²) >= 11 is 0. The summed E-state index contributed by atoms with van der Waals surface area (Å²) in [6, 6.07) is 0. The predicted octanol–water partition coefficient (Wildman–Crippen LogP) is 3.05. The van der Waals surface area contributed by atoms with Gasteiger partial charge in [0.05, 0.1) is 0 Å². The van der Waals surface area contributed by atoms with Gasteiger partial charge in [0.2, 0.25) is 0 Å². The molecule has 1 rings (SSSR count). The normalized spacial score (nSPS) is 20.2. The summed E-state index contributed by atoms with van der Waals surface area (Å²) in [4.78, 5) is 2.53. The van der Waals surface area contributed by atoms with Crippen LogP contribution in [-0.2, 0) is 0 Å². The Morgan fingerprint density at radius 1 is 1.12 bits per heavy atom. The molecular weight excluding hydrogens is 198 g/mol. The van der Waals surface area contributed by atoms with Gasteiger partial charge in [-0.15, -0.1) is 0 Å². The number of aliphatic hydroxyl groups excluding tert-OH is 1. The molecule has 1 aliphatic carbocycles. The smallest absolute Gasteiger partial charge is 0.0499 e. The van der Waals surface area contributed by atoms with Gasteiger partial charge in [0, 0.05) is 18.6 Å². The first-order chi connectivity index (χ1) is 7.76. The molecule has 0 aliphatic heterocycles. The predicted molar refractivity (Wildman–Crippen MR) is 69.6 cm³/mol. The van der Waals surface area contributed by atoms with E-state index in [-0.39, 0.29) is 5.41 Å². The maximum Gasteiger partial charge on any atom is 0.0499 e. The van der Waals surface area contributed by atoms with Crippen molar-refractivity contribution < 1.29 is 5.11 Å². The third-order valence-electron chi connectivity index (χ3n) is 4.08. The van der Waals surface area contributed by atoms with Gasteiger partial charge in [0.1, 0.15) is 0 Å². The van der Waals surface area contributed by atoms with Crippen molar-refractivity contribution in [3.63, 3.8) is 0 Å². The Morgan fingerprint density at radius 3 is 2.31 bits per heavy atom. The van der Waals surface area contributed by atoms with Crippen LogP contribution in [-0.4, -0.2) is 36.2 Å². The van der Waals surface area contributed by atoms with Crippen molar-refractivity contribution in [1.82, 2.24) is 4.90 Å². The molecule has 1 saturated carbocycles. The molecule has 1 fully saturated rings. The zero-order valence-corrected chi connectivity index (χ0v) is 11.2. The largest absolute Gasteiger partial charge is 0.396 e. The number of nitrogens with zero attached hydrogens (tertiary/aromatic N) is 1. The molecule has 0 saturated heterocycles. The van der Waals surface area contributed by atoms with Crippen LogP contribution in [0.5, 0.6) is 0 Å². The fraction of sp³-hybridized carbons (Fsp3) is 1.00. The number of rotatable bonds is 7. The van der Waals surface area contributed by atoms with E-state index < -0.39 is 0 Å². The van der Waals surface area contributed by atoms with Crippen LogP contribution in [0.4, 0.5) is 0 Å². The van der Waals surface area contributed by atoms with Crippen molar-refractivity contribution in [1.29, 1.82) is 0 Å². The molecule has 0 unspecified atom stereocenters. The van der Waals surface area contributed by atoms with Crippen molar-refractivity contribution in [2.45, 2.75) is 58.8 Å². The first kappa shape index (κ1) is 14.0. The van der Waals surface area contributed by atoms with Crippen LogP contribution in [0.15, 0.2) is 0 Å². The molecule has 1 N–H and O–H groups in total. The van der Waals surface area contributed by atoms with Gasteiger partial charge in [-0.2, -0.15) is 0 Å². The monoisotopic (exact) mass is 227 g/mol. The molecule has 0 radical (unpaired) electrons. The quantitative estimate of drug-likeness (QED) is 0.722. The highest BCUT2D eigenvalue weighted by atomic mass is 16.3. The SMILES string of the molecule is CCCCN(CC)CC1(CO)CCCCC1. The van der Waals surface area contributed by atoms with Crippen molar-refractivity contribution in [3.05, 3.63) is 0 Å². The maximum atomic E-state index is 9.68. The lowest BCUT2D eigenvalue weighted by molar-refractivity contribution is 0.0416. The molecule has 0 atom stereocenters. The summed E-state index contributed by atoms with van der Waals surface area (Å²) in [6.07, 6.45) is 9.00. The Morgan fingerprint density at radius 2 is 1.81 bits per heavy atom. The van der Waals surface area contributed by atoms with Crippen molar-refractivity contribution in [2.75, 3.05) is 26.2 Å². The Hall–Kier alpha value is -0.0800. The van der Waals surface area contributed by atoms with E-state index in [1.807, 2.05) is 0 Å². The maximum absolute atomic E-state index is 9.68. The minimum Gasteiger partial charge on any atom is -0.396 e. The summed E-state index contributed by atoms with van der Waals surface area (Å²) < 4.78 is 0. The molecule has 0 aromatic rings. The highest BCUT2D eigenvalue weighted by molar-refractivity contribution is 4.85. The standard InChI is InChI=1S/C14H29NO/c1-3-5-11-15(4-2)12-14(13-16)9-7-6-8-10-14/h16H,3-13H2,1-2H3. The summed E-state index contributed by atoms with van der Waals surface area (Å²) in [5.41, 5.74) is 0.224. The van der Waals surface area contributed by atoms with E-state index in [0.29, 0.717) is 6.61 Å². The van der Waals surface area contributed by atoms with E-state index >= 15 is 0 Å². The Bertz CT molecular complexity index is 176. The van der Waals surface area contributed by atoms with Gasteiger partial charge in [-0.05, 0) is 32.4 Å². The van der Waals surface area contributed by atoms with Gasteiger partial charge in [0.15, 0.2) is 0 Å². The molecule has 0 aromatic carbocycles. The van der Waals surface area contributed by atoms with E-state index in [0.717, 1.165) is 13.1 Å². The van der Waals surface area contributed by atoms with Crippen molar-refractivity contribution in [3.8, 4) is 0 Å². The molecule has 16 heavy (non-hydrogen) atoms. The van der Waals surface area contributed by atoms with Crippen LogP contribution in [0, 0.1) is 5.41 Å². The molecule has 0 heterocycles. The van der Waals surface area contributed by atoms with E-state index in [1.54, 1.807) is 0 Å². The molecule has 0 spiro atoms. The topological polar surface area (TPSA) is 23.5 Å². The van der Waals surface area contributed by atoms with Crippen LogP contribution >= 0.6 is 0 Å². The number of aliphatic hydroxyl groups is 1. The Balaban J connectivity index is 2.45. The lowest BCUT2D eigenvalue weighted by atomic mass is 9.74. The zero-order valence-electron chi connectivity index (χ0n) is 11.2. The first-order valence-corrected chi connectivity index (χ1v) is 7.09. The molecule has 2 heteroatoms. The molecule has 1 aliphatic rings. The number of hydrogen-bond acceptors (Lipinski definition) is 2. The lowest BCUT2D eigenvalue weighted by Crippen LogP contribution is -2.42. The van der Waals surface area contributed by atoms with E-state index in [1.165, 1.54) is 51.5 Å². The Kier molecular flexibility index (Phi) is 6.37. The summed E-state index contributed by atoms with van der Waals surface area (Å²) in [5.74, 6) is 0. The van der Waals surface area contributed by atoms with Crippen molar-refractivity contribution >= 4 is 0 Å². The van der Waals surface area contributed by atoms with E-state index in [4.69, 9.17) is 0 Å². The summed E-state index contributed by atoms with van der Waals surface area (Å²) in [6.45, 7) is 8.31. The van der Waals surface area contributed by atoms with E-state index in [9.17, 15) is 5.11 Å². The van der Waals surface area contributed by atoms with Crippen LogP contribution in [0.25, 0.3) is 0 Å². The molecule has 96 valence electrons. The van der Waals surface area contributed by atoms with Gasteiger partial charge in [-0.3, -0.25) is 0 Å².